The van der Waals surface area contributed by atoms with Crippen molar-refractivity contribution in [3.05, 3.63) is 35.9 Å². The quantitative estimate of drug-likeness (QED) is 0.897. The number of amides is 1. The summed E-state index contributed by atoms with van der Waals surface area (Å²) in [5.41, 5.74) is 7.06. The van der Waals surface area contributed by atoms with Crippen LogP contribution in [0.2, 0.25) is 0 Å². The van der Waals surface area contributed by atoms with Crippen LogP contribution in [0.15, 0.2) is 30.3 Å². The van der Waals surface area contributed by atoms with Crippen molar-refractivity contribution in [1.29, 1.82) is 0 Å². The molecule has 0 aromatic heterocycles. The second-order valence-electron chi connectivity index (χ2n) is 6.24. The van der Waals surface area contributed by atoms with Gasteiger partial charge in [0.25, 0.3) is 0 Å². The first-order valence-corrected chi connectivity index (χ1v) is 7.08. The van der Waals surface area contributed by atoms with Gasteiger partial charge in [-0.3, -0.25) is 4.79 Å². The highest BCUT2D eigenvalue weighted by Crippen LogP contribution is 2.25. The smallest absolute Gasteiger partial charge is 0.223 e. The summed E-state index contributed by atoms with van der Waals surface area (Å²) in [4.78, 5) is 12.1. The summed E-state index contributed by atoms with van der Waals surface area (Å²) in [6, 6.07) is 10.5. The predicted octanol–water partition coefficient (Wildman–Crippen LogP) is 2.63. The van der Waals surface area contributed by atoms with Crippen molar-refractivity contribution in [2.75, 3.05) is 6.54 Å². The molecule has 1 fully saturated rings. The summed E-state index contributed by atoms with van der Waals surface area (Å²) in [6.07, 6.45) is 2.73. The Kier molecular flexibility index (Phi) is 6.03. The van der Waals surface area contributed by atoms with Gasteiger partial charge >= 0.3 is 0 Å². The molecular formula is C16H25ClN2O. The minimum atomic E-state index is -0.0440. The Balaban J connectivity index is 0.00000200. The van der Waals surface area contributed by atoms with Crippen LogP contribution in [0.4, 0.5) is 0 Å². The Morgan fingerprint density at radius 2 is 1.95 bits per heavy atom. The van der Waals surface area contributed by atoms with E-state index in [0.29, 0.717) is 6.54 Å². The maximum Gasteiger partial charge on any atom is 0.223 e. The summed E-state index contributed by atoms with van der Waals surface area (Å²) in [7, 11) is 0. The van der Waals surface area contributed by atoms with Gasteiger partial charge in [-0.1, -0.05) is 44.2 Å². The zero-order valence-corrected chi connectivity index (χ0v) is 13.1. The minimum absolute atomic E-state index is 0. The molecule has 1 aliphatic rings. The normalized spacial score (nSPS) is 22.1. The van der Waals surface area contributed by atoms with E-state index in [1.54, 1.807) is 0 Å². The van der Waals surface area contributed by atoms with Gasteiger partial charge in [0.05, 0.1) is 0 Å². The number of carbonyl (C=O) groups is 1. The van der Waals surface area contributed by atoms with Crippen molar-refractivity contribution in [2.24, 2.45) is 11.7 Å². The van der Waals surface area contributed by atoms with Crippen LogP contribution in [0.25, 0.3) is 0 Å². The minimum Gasteiger partial charge on any atom is -0.355 e. The van der Waals surface area contributed by atoms with E-state index in [9.17, 15) is 4.79 Å². The third kappa shape index (κ3) is 4.22. The number of nitrogens with two attached hydrogens (primary N) is 1. The Morgan fingerprint density at radius 3 is 2.50 bits per heavy atom. The van der Waals surface area contributed by atoms with Crippen LogP contribution >= 0.6 is 12.4 Å². The standard InChI is InChI=1S/C16H24N2O.ClH/c1-16(2,13-6-4-3-5-7-13)11-18-15(19)12-8-9-14(17)10-12;/h3-7,12,14H,8-11,17H2,1-2H3,(H,18,19);1H. The van der Waals surface area contributed by atoms with Crippen molar-refractivity contribution in [2.45, 2.75) is 44.6 Å². The second-order valence-corrected chi connectivity index (χ2v) is 6.24. The molecule has 0 spiro atoms. The fraction of sp³-hybridized carbons (Fsp3) is 0.562. The summed E-state index contributed by atoms with van der Waals surface area (Å²) in [5.74, 6) is 0.276. The Bertz CT molecular complexity index is 433. The van der Waals surface area contributed by atoms with E-state index in [1.165, 1.54) is 5.56 Å². The lowest BCUT2D eigenvalue weighted by atomic mass is 9.84. The van der Waals surface area contributed by atoms with Crippen LogP contribution in [0, 0.1) is 5.92 Å². The molecule has 2 atom stereocenters. The summed E-state index contributed by atoms with van der Waals surface area (Å²) in [5, 5.41) is 3.09. The van der Waals surface area contributed by atoms with Crippen molar-refractivity contribution < 1.29 is 4.79 Å². The van der Waals surface area contributed by atoms with Crippen molar-refractivity contribution >= 4 is 18.3 Å². The van der Waals surface area contributed by atoms with Gasteiger partial charge in [0.1, 0.15) is 0 Å². The van der Waals surface area contributed by atoms with Gasteiger partial charge in [-0.15, -0.1) is 12.4 Å². The topological polar surface area (TPSA) is 55.1 Å². The van der Waals surface area contributed by atoms with Crippen LogP contribution in [0.5, 0.6) is 0 Å². The molecule has 0 saturated heterocycles. The highest BCUT2D eigenvalue weighted by molar-refractivity contribution is 5.85. The maximum atomic E-state index is 12.1. The molecule has 112 valence electrons. The molecule has 0 heterocycles. The number of hydrogen-bond donors (Lipinski definition) is 2. The number of hydrogen-bond acceptors (Lipinski definition) is 2. The Hall–Kier alpha value is -1.06. The van der Waals surface area contributed by atoms with Crippen LogP contribution < -0.4 is 11.1 Å². The molecule has 1 aliphatic carbocycles. The van der Waals surface area contributed by atoms with E-state index in [1.807, 2.05) is 18.2 Å². The van der Waals surface area contributed by atoms with E-state index < -0.39 is 0 Å². The summed E-state index contributed by atoms with van der Waals surface area (Å²) >= 11 is 0. The van der Waals surface area contributed by atoms with Gasteiger partial charge in [-0.05, 0) is 24.8 Å². The zero-order valence-electron chi connectivity index (χ0n) is 12.3. The summed E-state index contributed by atoms with van der Waals surface area (Å²) in [6.45, 7) is 4.98. The van der Waals surface area contributed by atoms with Gasteiger partial charge in [-0.25, -0.2) is 0 Å². The molecule has 1 saturated carbocycles. The molecule has 1 amide bonds. The molecule has 4 heteroatoms. The van der Waals surface area contributed by atoms with Gasteiger partial charge in [0.2, 0.25) is 5.91 Å². The first-order chi connectivity index (χ1) is 8.99. The lowest BCUT2D eigenvalue weighted by Crippen LogP contribution is -2.39. The SMILES string of the molecule is CC(C)(CNC(=O)C1CCC(N)C1)c1ccccc1.Cl. The number of halogens is 1. The van der Waals surface area contributed by atoms with E-state index >= 15 is 0 Å². The molecule has 3 nitrogen and oxygen atoms in total. The molecule has 1 aromatic carbocycles. The molecule has 0 radical (unpaired) electrons. The third-order valence-electron chi connectivity index (χ3n) is 4.10. The van der Waals surface area contributed by atoms with Crippen LogP contribution in [-0.4, -0.2) is 18.5 Å². The average Bonchev–Trinajstić information content (AvgIpc) is 2.84. The molecule has 1 aromatic rings. The van der Waals surface area contributed by atoms with Gasteiger partial charge in [-0.2, -0.15) is 0 Å². The molecule has 0 bridgehead atoms. The molecule has 20 heavy (non-hydrogen) atoms. The molecule has 0 aliphatic heterocycles. The van der Waals surface area contributed by atoms with Crippen molar-refractivity contribution in [3.63, 3.8) is 0 Å². The largest absolute Gasteiger partial charge is 0.355 e. The Labute approximate surface area is 127 Å². The number of nitrogens with one attached hydrogen (secondary N) is 1. The molecule has 2 unspecified atom stereocenters. The van der Waals surface area contributed by atoms with Crippen molar-refractivity contribution in [1.82, 2.24) is 5.32 Å². The molecule has 2 rings (SSSR count). The monoisotopic (exact) mass is 296 g/mol. The summed E-state index contributed by atoms with van der Waals surface area (Å²) < 4.78 is 0. The van der Waals surface area contributed by atoms with Crippen LogP contribution in [0.3, 0.4) is 0 Å². The number of rotatable bonds is 4. The molecule has 3 N–H and O–H groups in total. The lowest BCUT2D eigenvalue weighted by molar-refractivity contribution is -0.125. The highest BCUT2D eigenvalue weighted by Gasteiger charge is 2.29. The Morgan fingerprint density at radius 1 is 1.30 bits per heavy atom. The number of benzene rings is 1. The number of carbonyl (C=O) groups excluding carboxylic acids is 1. The van der Waals surface area contributed by atoms with Crippen LogP contribution in [-0.2, 0) is 10.2 Å². The average molecular weight is 297 g/mol. The third-order valence-corrected chi connectivity index (χ3v) is 4.10. The van der Waals surface area contributed by atoms with E-state index in [4.69, 9.17) is 5.73 Å². The molecular weight excluding hydrogens is 272 g/mol. The first-order valence-electron chi connectivity index (χ1n) is 7.08. The fourth-order valence-electron chi connectivity index (χ4n) is 2.70. The zero-order chi connectivity index (χ0) is 13.9. The predicted molar refractivity (Wildman–Crippen MR) is 85.0 cm³/mol. The van der Waals surface area contributed by atoms with E-state index in [-0.39, 0.29) is 35.7 Å². The van der Waals surface area contributed by atoms with Gasteiger partial charge < -0.3 is 11.1 Å². The second kappa shape index (κ2) is 7.09. The van der Waals surface area contributed by atoms with Gasteiger partial charge in [0, 0.05) is 23.9 Å². The van der Waals surface area contributed by atoms with E-state index in [2.05, 4.69) is 31.3 Å². The highest BCUT2D eigenvalue weighted by atomic mass is 35.5. The van der Waals surface area contributed by atoms with Gasteiger partial charge in [0.15, 0.2) is 0 Å². The van der Waals surface area contributed by atoms with Crippen molar-refractivity contribution in [3.8, 4) is 0 Å². The van der Waals surface area contributed by atoms with Crippen LogP contribution in [0.1, 0.15) is 38.7 Å². The fourth-order valence-corrected chi connectivity index (χ4v) is 2.70. The lowest BCUT2D eigenvalue weighted by Gasteiger charge is -2.26. The van der Waals surface area contributed by atoms with E-state index in [0.717, 1.165) is 19.3 Å². The first kappa shape index (κ1) is 17.0. The maximum absolute atomic E-state index is 12.1.